The molecule has 120 valence electrons. The van der Waals surface area contributed by atoms with Crippen molar-refractivity contribution in [2.24, 2.45) is 0 Å². The molecule has 0 saturated carbocycles. The maximum absolute atomic E-state index is 12.3. The molecule has 3 rings (SSSR count). The lowest BCUT2D eigenvalue weighted by Crippen LogP contribution is -2.17. The molecule has 0 saturated heterocycles. The lowest BCUT2D eigenvalue weighted by molar-refractivity contribution is -0.274. The van der Waals surface area contributed by atoms with E-state index in [1.54, 1.807) is 12.4 Å². The molecule has 0 aliphatic rings. The SMILES string of the molecule is FC(F)(F)Oc1ccc(C(c2ccc[nH]2)c2ccc[nH]2)c(Cl)c1. The van der Waals surface area contributed by atoms with Crippen molar-refractivity contribution in [2.75, 3.05) is 0 Å². The summed E-state index contributed by atoms with van der Waals surface area (Å²) in [5.74, 6) is -0.588. The summed E-state index contributed by atoms with van der Waals surface area (Å²) in [5.41, 5.74) is 2.42. The fourth-order valence-corrected chi connectivity index (χ4v) is 2.77. The van der Waals surface area contributed by atoms with Crippen molar-refractivity contribution < 1.29 is 17.9 Å². The first-order valence-electron chi connectivity index (χ1n) is 6.76. The smallest absolute Gasteiger partial charge is 0.406 e. The fourth-order valence-electron chi connectivity index (χ4n) is 2.49. The molecule has 7 heteroatoms. The number of benzene rings is 1. The zero-order valence-electron chi connectivity index (χ0n) is 11.7. The minimum atomic E-state index is -4.75. The van der Waals surface area contributed by atoms with Gasteiger partial charge in [0, 0.05) is 28.8 Å². The Bertz CT molecular complexity index is 733. The van der Waals surface area contributed by atoms with E-state index in [2.05, 4.69) is 14.7 Å². The molecule has 0 aliphatic carbocycles. The number of H-pyrrole nitrogens is 2. The summed E-state index contributed by atoms with van der Waals surface area (Å²) in [4.78, 5) is 6.23. The van der Waals surface area contributed by atoms with Crippen LogP contribution in [-0.4, -0.2) is 16.3 Å². The van der Waals surface area contributed by atoms with Crippen LogP contribution in [0.3, 0.4) is 0 Å². The van der Waals surface area contributed by atoms with Gasteiger partial charge in [0.2, 0.25) is 0 Å². The van der Waals surface area contributed by atoms with Gasteiger partial charge in [0.15, 0.2) is 0 Å². The van der Waals surface area contributed by atoms with Gasteiger partial charge in [-0.05, 0) is 42.0 Å². The second-order valence-electron chi connectivity index (χ2n) is 4.92. The van der Waals surface area contributed by atoms with Crippen LogP contribution in [0.25, 0.3) is 0 Å². The second kappa shape index (κ2) is 6.04. The minimum Gasteiger partial charge on any atom is -0.406 e. The standard InChI is InChI=1S/C16H12ClF3N2O/c17-12-9-10(23-16(18,19)20)5-6-11(12)15(13-3-1-7-21-13)14-4-2-8-22-14/h1-9,15,21-22H. The minimum absolute atomic E-state index is 0.195. The van der Waals surface area contributed by atoms with Gasteiger partial charge in [0.1, 0.15) is 5.75 Å². The van der Waals surface area contributed by atoms with Gasteiger partial charge in [-0.15, -0.1) is 13.2 Å². The topological polar surface area (TPSA) is 40.8 Å². The highest BCUT2D eigenvalue weighted by molar-refractivity contribution is 6.31. The van der Waals surface area contributed by atoms with E-state index in [1.165, 1.54) is 18.2 Å². The maximum Gasteiger partial charge on any atom is 0.573 e. The Morgan fingerprint density at radius 1 is 0.957 bits per heavy atom. The summed E-state index contributed by atoms with van der Waals surface area (Å²) >= 11 is 6.21. The number of nitrogens with one attached hydrogen (secondary N) is 2. The van der Waals surface area contributed by atoms with Crippen molar-refractivity contribution in [3.8, 4) is 5.75 Å². The zero-order chi connectivity index (χ0) is 16.4. The highest BCUT2D eigenvalue weighted by Gasteiger charge is 2.31. The lowest BCUT2D eigenvalue weighted by atomic mass is 9.92. The molecule has 2 heterocycles. The largest absolute Gasteiger partial charge is 0.573 e. The summed E-state index contributed by atoms with van der Waals surface area (Å²) in [6.07, 6.45) is -1.19. The molecule has 2 N–H and O–H groups in total. The van der Waals surface area contributed by atoms with E-state index in [-0.39, 0.29) is 16.7 Å². The van der Waals surface area contributed by atoms with E-state index in [0.717, 1.165) is 11.4 Å². The number of aromatic amines is 2. The molecule has 0 bridgehead atoms. The van der Waals surface area contributed by atoms with E-state index in [9.17, 15) is 13.2 Å². The maximum atomic E-state index is 12.3. The number of rotatable bonds is 4. The molecular formula is C16H12ClF3N2O. The van der Waals surface area contributed by atoms with Crippen LogP contribution in [0.15, 0.2) is 54.9 Å². The van der Waals surface area contributed by atoms with Crippen LogP contribution in [0.5, 0.6) is 5.75 Å². The lowest BCUT2D eigenvalue weighted by Gasteiger charge is -2.18. The van der Waals surface area contributed by atoms with E-state index in [4.69, 9.17) is 11.6 Å². The van der Waals surface area contributed by atoms with Crippen LogP contribution in [0.2, 0.25) is 5.02 Å². The molecule has 2 aromatic heterocycles. The molecule has 0 unspecified atom stereocenters. The van der Waals surface area contributed by atoms with Crippen LogP contribution in [0, 0.1) is 0 Å². The second-order valence-corrected chi connectivity index (χ2v) is 5.32. The predicted octanol–water partition coefficient (Wildman–Crippen LogP) is 5.08. The van der Waals surface area contributed by atoms with E-state index in [0.29, 0.717) is 5.56 Å². The summed E-state index contributed by atoms with van der Waals surface area (Å²) in [6.45, 7) is 0. The number of alkyl halides is 3. The third-order valence-corrected chi connectivity index (χ3v) is 3.71. The monoisotopic (exact) mass is 340 g/mol. The fraction of sp³-hybridized carbons (Fsp3) is 0.125. The van der Waals surface area contributed by atoms with Gasteiger partial charge in [-0.2, -0.15) is 0 Å². The summed E-state index contributed by atoms with van der Waals surface area (Å²) in [6, 6.07) is 11.4. The van der Waals surface area contributed by atoms with Crippen molar-refractivity contribution >= 4 is 11.6 Å². The van der Waals surface area contributed by atoms with Crippen LogP contribution < -0.4 is 4.74 Å². The quantitative estimate of drug-likeness (QED) is 0.683. The van der Waals surface area contributed by atoms with Crippen molar-refractivity contribution in [3.63, 3.8) is 0 Å². The first kappa shape index (κ1) is 15.6. The average Bonchev–Trinajstić information content (AvgIpc) is 3.14. The summed E-state index contributed by atoms with van der Waals surface area (Å²) in [7, 11) is 0. The molecule has 3 aromatic rings. The van der Waals surface area contributed by atoms with E-state index < -0.39 is 6.36 Å². The van der Waals surface area contributed by atoms with E-state index in [1.807, 2.05) is 24.3 Å². The van der Waals surface area contributed by atoms with Gasteiger partial charge >= 0.3 is 6.36 Å². The van der Waals surface area contributed by atoms with Gasteiger partial charge in [-0.1, -0.05) is 17.7 Å². The van der Waals surface area contributed by atoms with Crippen molar-refractivity contribution in [3.05, 3.63) is 76.8 Å². The third kappa shape index (κ3) is 3.53. The molecule has 0 fully saturated rings. The van der Waals surface area contributed by atoms with Crippen molar-refractivity contribution in [1.82, 2.24) is 9.97 Å². The van der Waals surface area contributed by atoms with Crippen LogP contribution in [0.4, 0.5) is 13.2 Å². The van der Waals surface area contributed by atoms with Crippen LogP contribution in [-0.2, 0) is 0 Å². The number of halogens is 4. The first-order chi connectivity index (χ1) is 10.9. The normalized spacial score (nSPS) is 11.9. The van der Waals surface area contributed by atoms with Gasteiger partial charge in [-0.3, -0.25) is 0 Å². The Morgan fingerprint density at radius 3 is 2.00 bits per heavy atom. The van der Waals surface area contributed by atoms with E-state index >= 15 is 0 Å². The molecule has 1 aromatic carbocycles. The number of hydrogen-bond donors (Lipinski definition) is 2. The van der Waals surface area contributed by atoms with Gasteiger partial charge < -0.3 is 14.7 Å². The molecule has 0 amide bonds. The highest BCUT2D eigenvalue weighted by atomic mass is 35.5. The van der Waals surface area contributed by atoms with Gasteiger partial charge in [-0.25, -0.2) is 0 Å². The molecule has 0 aliphatic heterocycles. The molecule has 0 atom stereocenters. The van der Waals surface area contributed by atoms with Gasteiger partial charge in [0.05, 0.1) is 5.92 Å². The Balaban J connectivity index is 2.01. The van der Waals surface area contributed by atoms with Crippen molar-refractivity contribution in [1.29, 1.82) is 0 Å². The first-order valence-corrected chi connectivity index (χ1v) is 7.13. The molecule has 3 nitrogen and oxygen atoms in total. The Hall–Kier alpha value is -2.34. The zero-order valence-corrected chi connectivity index (χ0v) is 12.4. The van der Waals surface area contributed by atoms with Crippen molar-refractivity contribution in [2.45, 2.75) is 12.3 Å². The van der Waals surface area contributed by atoms with Crippen LogP contribution in [0.1, 0.15) is 22.9 Å². The summed E-state index contributed by atoms with van der Waals surface area (Å²) in [5, 5.41) is 0.195. The third-order valence-electron chi connectivity index (χ3n) is 3.38. The number of aromatic nitrogens is 2. The number of hydrogen-bond acceptors (Lipinski definition) is 1. The molecule has 0 radical (unpaired) electrons. The Labute approximate surface area is 135 Å². The molecular weight excluding hydrogens is 329 g/mol. The molecule has 0 spiro atoms. The summed E-state index contributed by atoms with van der Waals surface area (Å²) < 4.78 is 40.8. The van der Waals surface area contributed by atoms with Crippen LogP contribution >= 0.6 is 11.6 Å². The highest BCUT2D eigenvalue weighted by Crippen LogP contribution is 2.37. The average molecular weight is 341 g/mol. The number of ether oxygens (including phenoxy) is 1. The molecule has 23 heavy (non-hydrogen) atoms. The Kier molecular flexibility index (Phi) is 4.09. The Morgan fingerprint density at radius 2 is 1.57 bits per heavy atom. The predicted molar refractivity (Wildman–Crippen MR) is 80.7 cm³/mol. The van der Waals surface area contributed by atoms with Gasteiger partial charge in [0.25, 0.3) is 0 Å².